The predicted octanol–water partition coefficient (Wildman–Crippen LogP) is 3.53. The molecule has 0 aliphatic heterocycles. The van der Waals surface area contributed by atoms with Crippen LogP contribution in [0.15, 0.2) is 18.2 Å². The fourth-order valence-corrected chi connectivity index (χ4v) is 1.62. The van der Waals surface area contributed by atoms with Crippen molar-refractivity contribution in [1.29, 1.82) is 0 Å². The molecule has 0 amide bonds. The van der Waals surface area contributed by atoms with Crippen LogP contribution in [0, 0.1) is 5.82 Å². The zero-order valence-corrected chi connectivity index (χ0v) is 9.72. The number of hydrogen-bond donors (Lipinski definition) is 0. The Morgan fingerprint density at radius 2 is 2.07 bits per heavy atom. The molecule has 0 aromatic heterocycles. The highest BCUT2D eigenvalue weighted by molar-refractivity contribution is 5.26. The molecule has 0 heterocycles. The van der Waals surface area contributed by atoms with Gasteiger partial charge in [0.25, 0.3) is 0 Å². The van der Waals surface area contributed by atoms with Gasteiger partial charge < -0.3 is 4.74 Å². The summed E-state index contributed by atoms with van der Waals surface area (Å²) in [4.78, 5) is 0. The fraction of sp³-hybridized carbons (Fsp3) is 0.538. The molecule has 1 aromatic carbocycles. The van der Waals surface area contributed by atoms with Crippen LogP contribution in [-0.2, 0) is 11.2 Å². The van der Waals surface area contributed by atoms with Gasteiger partial charge in [0.05, 0.1) is 0 Å². The van der Waals surface area contributed by atoms with Crippen LogP contribution >= 0.6 is 0 Å². The number of methoxy groups -OCH3 is 1. The van der Waals surface area contributed by atoms with Crippen LogP contribution in [0.1, 0.15) is 37.3 Å². The summed E-state index contributed by atoms with van der Waals surface area (Å²) in [6, 6.07) is 5.54. The zero-order valence-electron chi connectivity index (χ0n) is 9.72. The van der Waals surface area contributed by atoms with Crippen molar-refractivity contribution >= 4 is 0 Å². The molecule has 84 valence electrons. The van der Waals surface area contributed by atoms with E-state index < -0.39 is 0 Å². The second-order valence-electron chi connectivity index (χ2n) is 4.11. The molecule has 0 aliphatic carbocycles. The SMILES string of the molecule is COCCCc1ccc(C(C)C)c(F)c1. The third kappa shape index (κ3) is 3.63. The minimum atomic E-state index is -0.0834. The Morgan fingerprint density at radius 3 is 2.60 bits per heavy atom. The first kappa shape index (κ1) is 12.2. The van der Waals surface area contributed by atoms with Crippen molar-refractivity contribution in [2.24, 2.45) is 0 Å². The van der Waals surface area contributed by atoms with E-state index in [0.29, 0.717) is 0 Å². The van der Waals surface area contributed by atoms with Crippen LogP contribution < -0.4 is 0 Å². The molecule has 15 heavy (non-hydrogen) atoms. The van der Waals surface area contributed by atoms with Crippen LogP contribution in [-0.4, -0.2) is 13.7 Å². The van der Waals surface area contributed by atoms with E-state index in [1.165, 1.54) is 0 Å². The number of ether oxygens (including phenoxy) is 1. The van der Waals surface area contributed by atoms with Crippen molar-refractivity contribution in [3.05, 3.63) is 35.1 Å². The van der Waals surface area contributed by atoms with Gasteiger partial charge in [0, 0.05) is 13.7 Å². The molecule has 0 atom stereocenters. The Morgan fingerprint density at radius 1 is 1.33 bits per heavy atom. The van der Waals surface area contributed by atoms with Crippen molar-refractivity contribution in [2.45, 2.75) is 32.6 Å². The molecule has 2 heteroatoms. The van der Waals surface area contributed by atoms with Crippen LogP contribution in [0.5, 0.6) is 0 Å². The minimum Gasteiger partial charge on any atom is -0.385 e. The second kappa shape index (κ2) is 5.86. The first-order valence-electron chi connectivity index (χ1n) is 5.42. The van der Waals surface area contributed by atoms with Gasteiger partial charge in [-0.1, -0.05) is 26.0 Å². The number of halogens is 1. The average Bonchev–Trinajstić information content (AvgIpc) is 2.17. The van der Waals surface area contributed by atoms with Gasteiger partial charge in [-0.2, -0.15) is 0 Å². The summed E-state index contributed by atoms with van der Waals surface area (Å²) in [5.74, 6) is 0.165. The standard InChI is InChI=1S/C13H19FO/c1-10(2)12-7-6-11(9-13(12)14)5-4-8-15-3/h6-7,9-10H,4-5,8H2,1-3H3. The summed E-state index contributed by atoms with van der Waals surface area (Å²) in [7, 11) is 1.68. The van der Waals surface area contributed by atoms with Gasteiger partial charge in [-0.05, 0) is 36.0 Å². The number of aryl methyl sites for hydroxylation is 1. The maximum atomic E-state index is 13.6. The molecule has 1 aromatic rings. The van der Waals surface area contributed by atoms with E-state index in [1.54, 1.807) is 13.2 Å². The molecule has 1 nitrogen and oxygen atoms in total. The van der Waals surface area contributed by atoms with E-state index in [1.807, 2.05) is 26.0 Å². The van der Waals surface area contributed by atoms with Gasteiger partial charge in [-0.25, -0.2) is 4.39 Å². The quantitative estimate of drug-likeness (QED) is 0.675. The summed E-state index contributed by atoms with van der Waals surface area (Å²) in [5.41, 5.74) is 1.85. The van der Waals surface area contributed by atoms with Gasteiger partial charge in [-0.3, -0.25) is 0 Å². The first-order chi connectivity index (χ1) is 7.15. The predicted molar refractivity (Wildman–Crippen MR) is 60.7 cm³/mol. The van der Waals surface area contributed by atoms with Crippen molar-refractivity contribution in [3.8, 4) is 0 Å². The summed E-state index contributed by atoms with van der Waals surface area (Å²) >= 11 is 0. The third-order valence-electron chi connectivity index (χ3n) is 2.50. The largest absolute Gasteiger partial charge is 0.385 e. The summed E-state index contributed by atoms with van der Waals surface area (Å²) in [6.45, 7) is 4.74. The van der Waals surface area contributed by atoms with Crippen molar-refractivity contribution in [3.63, 3.8) is 0 Å². The molecule has 0 aliphatic rings. The summed E-state index contributed by atoms with van der Waals surface area (Å²) in [6.07, 6.45) is 1.82. The Balaban J connectivity index is 2.65. The number of rotatable bonds is 5. The van der Waals surface area contributed by atoms with E-state index in [2.05, 4.69) is 0 Å². The molecule has 0 N–H and O–H groups in total. The van der Waals surface area contributed by atoms with E-state index >= 15 is 0 Å². The first-order valence-corrected chi connectivity index (χ1v) is 5.42. The zero-order chi connectivity index (χ0) is 11.3. The molecule has 0 saturated heterocycles. The highest BCUT2D eigenvalue weighted by Gasteiger charge is 2.06. The fourth-order valence-electron chi connectivity index (χ4n) is 1.62. The van der Waals surface area contributed by atoms with Gasteiger partial charge in [0.1, 0.15) is 5.82 Å². The summed E-state index contributed by atoms with van der Waals surface area (Å²) in [5, 5.41) is 0. The van der Waals surface area contributed by atoms with Crippen LogP contribution in [0.4, 0.5) is 4.39 Å². The van der Waals surface area contributed by atoms with E-state index in [9.17, 15) is 4.39 Å². The molecule has 0 saturated carbocycles. The topological polar surface area (TPSA) is 9.23 Å². The third-order valence-corrected chi connectivity index (χ3v) is 2.50. The number of benzene rings is 1. The molecule has 0 fully saturated rings. The molecule has 0 unspecified atom stereocenters. The van der Waals surface area contributed by atoms with E-state index in [-0.39, 0.29) is 11.7 Å². The highest BCUT2D eigenvalue weighted by atomic mass is 19.1. The lowest BCUT2D eigenvalue weighted by atomic mass is 9.99. The van der Waals surface area contributed by atoms with Gasteiger partial charge in [0.2, 0.25) is 0 Å². The van der Waals surface area contributed by atoms with Crippen LogP contribution in [0.2, 0.25) is 0 Å². The lowest BCUT2D eigenvalue weighted by Gasteiger charge is -2.08. The Bertz CT molecular complexity index is 307. The lowest BCUT2D eigenvalue weighted by Crippen LogP contribution is -1.97. The molecule has 0 bridgehead atoms. The normalized spacial score (nSPS) is 11.0. The Kier molecular flexibility index (Phi) is 4.76. The maximum Gasteiger partial charge on any atom is 0.126 e. The maximum absolute atomic E-state index is 13.6. The average molecular weight is 210 g/mol. The van der Waals surface area contributed by atoms with E-state index in [0.717, 1.165) is 30.6 Å². The smallest absolute Gasteiger partial charge is 0.126 e. The van der Waals surface area contributed by atoms with Crippen LogP contribution in [0.3, 0.4) is 0 Å². The Hall–Kier alpha value is -0.890. The Labute approximate surface area is 91.3 Å². The molecule has 1 rings (SSSR count). The highest BCUT2D eigenvalue weighted by Crippen LogP contribution is 2.19. The molecule has 0 radical (unpaired) electrons. The van der Waals surface area contributed by atoms with Gasteiger partial charge in [-0.15, -0.1) is 0 Å². The van der Waals surface area contributed by atoms with Gasteiger partial charge in [0.15, 0.2) is 0 Å². The van der Waals surface area contributed by atoms with Crippen LogP contribution in [0.25, 0.3) is 0 Å². The van der Waals surface area contributed by atoms with E-state index in [4.69, 9.17) is 4.74 Å². The molecular formula is C13H19FO. The lowest BCUT2D eigenvalue weighted by molar-refractivity contribution is 0.195. The summed E-state index contributed by atoms with van der Waals surface area (Å²) < 4.78 is 18.5. The number of hydrogen-bond acceptors (Lipinski definition) is 1. The van der Waals surface area contributed by atoms with Gasteiger partial charge >= 0.3 is 0 Å². The molecular weight excluding hydrogens is 191 g/mol. The monoisotopic (exact) mass is 210 g/mol. The second-order valence-corrected chi connectivity index (χ2v) is 4.11. The van der Waals surface area contributed by atoms with Crippen molar-refractivity contribution in [2.75, 3.05) is 13.7 Å². The molecule has 0 spiro atoms. The minimum absolute atomic E-state index is 0.0834. The van der Waals surface area contributed by atoms with Crippen molar-refractivity contribution < 1.29 is 9.13 Å². The van der Waals surface area contributed by atoms with Crippen molar-refractivity contribution in [1.82, 2.24) is 0 Å².